The third-order valence-corrected chi connectivity index (χ3v) is 7.15. The topological polar surface area (TPSA) is 82.1 Å². The Kier molecular flexibility index (Phi) is 7.82. The van der Waals surface area contributed by atoms with E-state index in [0.29, 0.717) is 11.3 Å². The molecule has 0 bridgehead atoms. The van der Waals surface area contributed by atoms with Crippen molar-refractivity contribution in [2.24, 2.45) is 0 Å². The van der Waals surface area contributed by atoms with E-state index in [0.717, 1.165) is 4.90 Å². The van der Waals surface area contributed by atoms with E-state index in [2.05, 4.69) is 0 Å². The summed E-state index contributed by atoms with van der Waals surface area (Å²) in [6.07, 6.45) is -1.40. The lowest BCUT2D eigenvalue weighted by atomic mass is 9.85. The maximum atomic E-state index is 13.6. The van der Waals surface area contributed by atoms with E-state index in [1.54, 1.807) is 26.8 Å². The number of methoxy groups -OCH3 is 1. The van der Waals surface area contributed by atoms with Crippen LogP contribution in [0.3, 0.4) is 0 Å². The van der Waals surface area contributed by atoms with Crippen LogP contribution in [0, 0.1) is 0 Å². The number of halogens is 5. The Morgan fingerprint density at radius 2 is 1.75 bits per heavy atom. The van der Waals surface area contributed by atoms with Gasteiger partial charge in [0, 0.05) is 18.5 Å². The third kappa shape index (κ3) is 5.85. The highest BCUT2D eigenvalue weighted by atomic mass is 35.5. The molecule has 0 aromatic heterocycles. The lowest BCUT2D eigenvalue weighted by Gasteiger charge is -2.47. The molecule has 0 aliphatic carbocycles. The average molecular weight is 570 g/mol. The van der Waals surface area contributed by atoms with Crippen molar-refractivity contribution in [3.05, 3.63) is 63.1 Å². The summed E-state index contributed by atoms with van der Waals surface area (Å²) in [7, 11) is -4.79. The van der Waals surface area contributed by atoms with Crippen molar-refractivity contribution in [2.75, 3.05) is 13.7 Å². The molecule has 2 aromatic carbocycles. The maximum Gasteiger partial charge on any atom is 0.523 e. The first-order chi connectivity index (χ1) is 16.5. The Balaban J connectivity index is 2.31. The number of hydrogen-bond acceptors (Lipinski definition) is 6. The lowest BCUT2D eigenvalue weighted by Crippen LogP contribution is -2.58. The number of hydrogen-bond donors (Lipinski definition) is 0. The fourth-order valence-electron chi connectivity index (χ4n) is 3.86. The van der Waals surface area contributed by atoms with Crippen LogP contribution in [0.1, 0.15) is 37.5 Å². The standard InChI is InChI=1S/C23H24Cl2F3NO6S/c1-21(2,3)34-20(30)29-10-9-15-12-16(33-4)6-7-17(15)22(29,35-36(31,32)23(26,27)28)13-14-5-8-18(24)19(25)11-14/h5-8,11-12H,9-10,13H2,1-4H3. The first-order valence-electron chi connectivity index (χ1n) is 10.6. The molecule has 1 aliphatic heterocycles. The first kappa shape index (κ1) is 28.4. The van der Waals surface area contributed by atoms with Gasteiger partial charge in [0.25, 0.3) is 0 Å². The molecule has 198 valence electrons. The zero-order valence-electron chi connectivity index (χ0n) is 19.8. The Morgan fingerprint density at radius 3 is 2.31 bits per heavy atom. The average Bonchev–Trinajstić information content (AvgIpc) is 2.73. The summed E-state index contributed by atoms with van der Waals surface area (Å²) >= 11 is 12.1. The van der Waals surface area contributed by atoms with Crippen LogP contribution < -0.4 is 4.74 Å². The van der Waals surface area contributed by atoms with Crippen molar-refractivity contribution in [2.45, 2.75) is 50.4 Å². The van der Waals surface area contributed by atoms with Gasteiger partial charge in [-0.1, -0.05) is 35.3 Å². The fraction of sp³-hybridized carbons (Fsp3) is 0.435. The van der Waals surface area contributed by atoms with Crippen LogP contribution in [0.25, 0.3) is 0 Å². The number of carbonyl (C=O) groups excluding carboxylic acids is 1. The van der Waals surface area contributed by atoms with Crippen LogP contribution in [-0.2, 0) is 37.6 Å². The summed E-state index contributed by atoms with van der Waals surface area (Å²) < 4.78 is 81.3. The summed E-state index contributed by atoms with van der Waals surface area (Å²) in [6, 6.07) is 8.57. The number of alkyl halides is 3. The molecule has 1 amide bonds. The molecule has 0 saturated carbocycles. The normalized spacial score (nSPS) is 18.5. The van der Waals surface area contributed by atoms with E-state index in [9.17, 15) is 26.4 Å². The Hall–Kier alpha value is -2.21. The van der Waals surface area contributed by atoms with Crippen molar-refractivity contribution in [3.8, 4) is 5.75 Å². The van der Waals surface area contributed by atoms with Crippen molar-refractivity contribution in [3.63, 3.8) is 0 Å². The van der Waals surface area contributed by atoms with Gasteiger partial charge in [0.05, 0.1) is 17.2 Å². The molecule has 0 saturated heterocycles. The van der Waals surface area contributed by atoms with Gasteiger partial charge in [0.1, 0.15) is 11.4 Å². The smallest absolute Gasteiger partial charge is 0.497 e. The summed E-state index contributed by atoms with van der Waals surface area (Å²) in [4.78, 5) is 14.1. The van der Waals surface area contributed by atoms with Crippen molar-refractivity contribution >= 4 is 39.4 Å². The SMILES string of the molecule is COc1ccc2c(c1)CCN(C(=O)OC(C)(C)C)C2(Cc1ccc(Cl)c(Cl)c1)OS(=O)(=O)C(F)(F)F. The van der Waals surface area contributed by atoms with Crippen molar-refractivity contribution < 1.29 is 40.0 Å². The monoisotopic (exact) mass is 569 g/mol. The molecule has 13 heteroatoms. The minimum Gasteiger partial charge on any atom is -0.497 e. The summed E-state index contributed by atoms with van der Waals surface area (Å²) in [5.74, 6) is 0.390. The van der Waals surface area contributed by atoms with Crippen molar-refractivity contribution in [1.29, 1.82) is 0 Å². The lowest BCUT2D eigenvalue weighted by molar-refractivity contribution is -0.118. The molecule has 1 unspecified atom stereocenters. The summed E-state index contributed by atoms with van der Waals surface area (Å²) in [5.41, 5.74) is -8.53. The zero-order chi connectivity index (χ0) is 27.1. The quantitative estimate of drug-likeness (QED) is 0.321. The number of nitrogens with zero attached hydrogens (tertiary/aromatic N) is 1. The fourth-order valence-corrected chi connectivity index (χ4v) is 4.88. The predicted octanol–water partition coefficient (Wildman–Crippen LogP) is 6.06. The summed E-state index contributed by atoms with van der Waals surface area (Å²) in [6.45, 7) is 4.51. The van der Waals surface area contributed by atoms with Crippen molar-refractivity contribution in [1.82, 2.24) is 4.90 Å². The van der Waals surface area contributed by atoms with E-state index in [4.69, 9.17) is 36.9 Å². The third-order valence-electron chi connectivity index (χ3n) is 5.35. The Bertz CT molecular complexity index is 1260. The molecular weight excluding hydrogens is 546 g/mol. The van der Waals surface area contributed by atoms with Gasteiger partial charge in [-0.2, -0.15) is 21.6 Å². The molecule has 0 spiro atoms. The van der Waals surface area contributed by atoms with Crippen LogP contribution >= 0.6 is 23.2 Å². The van der Waals surface area contributed by atoms with Crippen LogP contribution in [0.5, 0.6) is 5.75 Å². The van der Waals surface area contributed by atoms with Gasteiger partial charge >= 0.3 is 21.7 Å². The van der Waals surface area contributed by atoms with Crippen LogP contribution in [0.2, 0.25) is 10.0 Å². The van der Waals surface area contributed by atoms with E-state index >= 15 is 0 Å². The van der Waals surface area contributed by atoms with E-state index < -0.39 is 39.5 Å². The molecule has 1 heterocycles. The second-order valence-corrected chi connectivity index (χ2v) is 11.5. The Morgan fingerprint density at radius 1 is 1.08 bits per heavy atom. The molecule has 3 rings (SSSR count). The van der Waals surface area contributed by atoms with E-state index in [1.807, 2.05) is 0 Å². The number of benzene rings is 2. The molecule has 2 aromatic rings. The Labute approximate surface area is 217 Å². The van der Waals surface area contributed by atoms with Gasteiger partial charge in [-0.05, 0) is 62.6 Å². The molecular formula is C23H24Cl2F3NO6S. The highest BCUT2D eigenvalue weighted by Crippen LogP contribution is 2.45. The van der Waals surface area contributed by atoms with Gasteiger partial charge in [-0.15, -0.1) is 0 Å². The molecule has 1 aliphatic rings. The molecule has 0 radical (unpaired) electrons. The molecule has 7 nitrogen and oxygen atoms in total. The van der Waals surface area contributed by atoms with Gasteiger partial charge in [0.2, 0.25) is 0 Å². The number of carbonyl (C=O) groups is 1. The largest absolute Gasteiger partial charge is 0.523 e. The molecule has 36 heavy (non-hydrogen) atoms. The maximum absolute atomic E-state index is 13.6. The number of rotatable bonds is 5. The zero-order valence-corrected chi connectivity index (χ0v) is 22.1. The second-order valence-electron chi connectivity index (χ2n) is 9.10. The van der Waals surface area contributed by atoms with E-state index in [-0.39, 0.29) is 34.1 Å². The molecule has 0 N–H and O–H groups in total. The highest BCUT2D eigenvalue weighted by Gasteiger charge is 2.57. The van der Waals surface area contributed by atoms with Crippen LogP contribution in [0.15, 0.2) is 36.4 Å². The highest BCUT2D eigenvalue weighted by molar-refractivity contribution is 7.87. The second kappa shape index (κ2) is 9.92. The number of ether oxygens (including phenoxy) is 2. The molecule has 0 fully saturated rings. The van der Waals surface area contributed by atoms with Crippen LogP contribution in [0.4, 0.5) is 18.0 Å². The summed E-state index contributed by atoms with van der Waals surface area (Å²) in [5, 5.41) is 0.258. The van der Waals surface area contributed by atoms with Crippen LogP contribution in [-0.4, -0.2) is 44.2 Å². The number of amides is 1. The van der Waals surface area contributed by atoms with Gasteiger partial charge in [-0.25, -0.2) is 8.98 Å². The van der Waals surface area contributed by atoms with Gasteiger partial charge in [0.15, 0.2) is 5.72 Å². The van der Waals surface area contributed by atoms with E-state index in [1.165, 1.54) is 37.4 Å². The number of fused-ring (bicyclic) bond motifs is 1. The van der Waals surface area contributed by atoms with Gasteiger partial charge < -0.3 is 9.47 Å². The van der Waals surface area contributed by atoms with Gasteiger partial charge in [-0.3, -0.25) is 4.90 Å². The minimum absolute atomic E-state index is 0.0271. The molecule has 1 atom stereocenters. The first-order valence-corrected chi connectivity index (χ1v) is 12.8. The predicted molar refractivity (Wildman–Crippen MR) is 128 cm³/mol. The minimum atomic E-state index is -6.20.